The summed E-state index contributed by atoms with van der Waals surface area (Å²) in [4.78, 5) is 19.1. The molecule has 2 N–H and O–H groups in total. The normalized spacial score (nSPS) is 20.8. The molecule has 2 heterocycles. The van der Waals surface area contributed by atoms with Crippen molar-refractivity contribution in [1.29, 1.82) is 0 Å². The van der Waals surface area contributed by atoms with Gasteiger partial charge in [-0.1, -0.05) is 62.4 Å². The highest BCUT2D eigenvalue weighted by Gasteiger charge is 2.30. The molecule has 0 atom stereocenters. The first-order valence-electron chi connectivity index (χ1n) is 13.2. The van der Waals surface area contributed by atoms with Crippen LogP contribution in [0.5, 0.6) is 0 Å². The van der Waals surface area contributed by atoms with Crippen molar-refractivity contribution < 1.29 is 17.4 Å². The molecule has 204 valence electrons. The minimum atomic E-state index is -3.75. The Morgan fingerprint density at radius 2 is 1.74 bits per heavy atom. The molecular weight excluding hydrogens is 539 g/mol. The van der Waals surface area contributed by atoms with Gasteiger partial charge in [0.1, 0.15) is 0 Å². The number of amides is 1. The number of fused-ring (bicyclic) bond motifs is 1. The second-order valence-electron chi connectivity index (χ2n) is 11.5. The molecule has 0 spiro atoms. The molecule has 1 aliphatic carbocycles. The van der Waals surface area contributed by atoms with E-state index in [9.17, 15) is 17.4 Å². The topological polar surface area (TPSA) is 105 Å². The Morgan fingerprint density at radius 3 is 2.39 bits per heavy atom. The Labute approximate surface area is 231 Å². The Hall–Kier alpha value is -2.14. The van der Waals surface area contributed by atoms with Gasteiger partial charge in [0.2, 0.25) is 10.0 Å². The third kappa shape index (κ3) is 6.03. The van der Waals surface area contributed by atoms with Crippen LogP contribution in [0.2, 0.25) is 0 Å². The predicted octanol–water partition coefficient (Wildman–Crippen LogP) is 5.02. The molecule has 3 aromatic rings. The van der Waals surface area contributed by atoms with Gasteiger partial charge in [-0.05, 0) is 44.6 Å². The second-order valence-corrected chi connectivity index (χ2v) is 15.7. The van der Waals surface area contributed by atoms with E-state index in [2.05, 4.69) is 10.0 Å². The minimum absolute atomic E-state index is 0.0712. The maximum absolute atomic E-state index is 13.3. The summed E-state index contributed by atoms with van der Waals surface area (Å²) in [6.07, 6.45) is 6.80. The van der Waals surface area contributed by atoms with Crippen molar-refractivity contribution in [2.75, 3.05) is 11.5 Å². The van der Waals surface area contributed by atoms with E-state index in [4.69, 9.17) is 4.98 Å². The predicted molar refractivity (Wildman–Crippen MR) is 155 cm³/mol. The molecule has 1 amide bonds. The molecular formula is C28H35N3O4S3. The smallest absolute Gasteiger partial charge is 0.280 e. The Morgan fingerprint density at radius 1 is 1.05 bits per heavy atom. The number of aromatic nitrogens is 1. The van der Waals surface area contributed by atoms with Gasteiger partial charge in [0.05, 0.1) is 21.5 Å². The van der Waals surface area contributed by atoms with Crippen molar-refractivity contribution in [3.05, 3.63) is 47.1 Å². The van der Waals surface area contributed by atoms with Crippen LogP contribution in [-0.2, 0) is 27.2 Å². The Bertz CT molecular complexity index is 1480. The average molecular weight is 574 g/mol. The summed E-state index contributed by atoms with van der Waals surface area (Å²) < 4.78 is 40.9. The molecule has 5 rings (SSSR count). The number of hydrogen-bond donors (Lipinski definition) is 2. The quantitative estimate of drug-likeness (QED) is 0.413. The SMILES string of the molecule is CC(C)(C)NS(=O)(=O)c1ccc(-c2sc(C(=O)NC3CS(=O)C3)nc2CC2CCCCC2)c2ccccc12. The zero-order valence-electron chi connectivity index (χ0n) is 22.1. The van der Waals surface area contributed by atoms with E-state index < -0.39 is 26.4 Å². The van der Waals surface area contributed by atoms with Crippen LogP contribution in [0, 0.1) is 5.92 Å². The summed E-state index contributed by atoms with van der Waals surface area (Å²) in [5, 5.41) is 4.84. The van der Waals surface area contributed by atoms with Gasteiger partial charge in [0.25, 0.3) is 5.91 Å². The monoisotopic (exact) mass is 573 g/mol. The first kappa shape index (κ1) is 27.4. The van der Waals surface area contributed by atoms with E-state index >= 15 is 0 Å². The summed E-state index contributed by atoms with van der Waals surface area (Å²) in [5.74, 6) is 1.27. The van der Waals surface area contributed by atoms with Crippen molar-refractivity contribution in [3.63, 3.8) is 0 Å². The number of nitrogens with one attached hydrogen (secondary N) is 2. The van der Waals surface area contributed by atoms with Crippen molar-refractivity contribution in [3.8, 4) is 10.4 Å². The zero-order valence-corrected chi connectivity index (χ0v) is 24.5. The Kier molecular flexibility index (Phi) is 7.79. The molecule has 0 radical (unpaired) electrons. The number of rotatable bonds is 7. The van der Waals surface area contributed by atoms with Crippen LogP contribution in [0.4, 0.5) is 0 Å². The minimum Gasteiger partial charge on any atom is -0.345 e. The number of sulfonamides is 1. The number of carbonyl (C=O) groups excluding carboxylic acids is 1. The van der Waals surface area contributed by atoms with Crippen LogP contribution in [-0.4, -0.2) is 46.6 Å². The van der Waals surface area contributed by atoms with Gasteiger partial charge in [-0.2, -0.15) is 0 Å². The fraction of sp³-hybridized carbons (Fsp3) is 0.500. The van der Waals surface area contributed by atoms with Crippen LogP contribution in [0.25, 0.3) is 21.2 Å². The van der Waals surface area contributed by atoms with Crippen molar-refractivity contribution in [2.24, 2.45) is 5.92 Å². The van der Waals surface area contributed by atoms with Crippen LogP contribution in [0.1, 0.15) is 68.4 Å². The fourth-order valence-electron chi connectivity index (χ4n) is 5.35. The molecule has 1 saturated heterocycles. The van der Waals surface area contributed by atoms with Crippen LogP contribution in [0.15, 0.2) is 41.3 Å². The second kappa shape index (κ2) is 10.8. The molecule has 2 aromatic carbocycles. The van der Waals surface area contributed by atoms with Crippen molar-refractivity contribution in [1.82, 2.24) is 15.0 Å². The summed E-state index contributed by atoms with van der Waals surface area (Å²) in [7, 11) is -4.60. The van der Waals surface area contributed by atoms with E-state index in [1.807, 2.05) is 51.1 Å². The molecule has 7 nitrogen and oxygen atoms in total. The largest absolute Gasteiger partial charge is 0.345 e. The average Bonchev–Trinajstić information content (AvgIpc) is 3.25. The van der Waals surface area contributed by atoms with Crippen molar-refractivity contribution in [2.45, 2.75) is 75.8 Å². The molecule has 1 aliphatic heterocycles. The maximum atomic E-state index is 13.3. The van der Waals surface area contributed by atoms with Gasteiger partial charge in [-0.3, -0.25) is 9.00 Å². The molecule has 0 unspecified atom stereocenters. The maximum Gasteiger partial charge on any atom is 0.280 e. The molecule has 1 saturated carbocycles. The van der Waals surface area contributed by atoms with Crippen molar-refractivity contribution >= 4 is 48.8 Å². The molecule has 2 fully saturated rings. The van der Waals surface area contributed by atoms with Gasteiger partial charge in [-0.15, -0.1) is 11.3 Å². The van der Waals surface area contributed by atoms with E-state index in [0.29, 0.717) is 27.8 Å². The van der Waals surface area contributed by atoms with E-state index in [-0.39, 0.29) is 16.8 Å². The number of benzene rings is 2. The highest BCUT2D eigenvalue weighted by atomic mass is 32.2. The molecule has 2 aliphatic rings. The third-order valence-corrected chi connectivity index (χ3v) is 11.6. The lowest BCUT2D eigenvalue weighted by Crippen LogP contribution is -2.50. The van der Waals surface area contributed by atoms with Gasteiger partial charge < -0.3 is 5.32 Å². The van der Waals surface area contributed by atoms with E-state index in [1.54, 1.807) is 6.07 Å². The van der Waals surface area contributed by atoms with Crippen LogP contribution >= 0.6 is 11.3 Å². The lowest BCUT2D eigenvalue weighted by Gasteiger charge is -2.25. The summed E-state index contributed by atoms with van der Waals surface area (Å²) >= 11 is 1.36. The molecule has 38 heavy (non-hydrogen) atoms. The highest BCUT2D eigenvalue weighted by molar-refractivity contribution is 7.89. The van der Waals surface area contributed by atoms with Gasteiger partial charge in [0, 0.05) is 38.8 Å². The zero-order chi connectivity index (χ0) is 27.1. The number of hydrogen-bond acceptors (Lipinski definition) is 6. The first-order valence-corrected chi connectivity index (χ1v) is 17.0. The van der Waals surface area contributed by atoms with Gasteiger partial charge in [0.15, 0.2) is 5.01 Å². The molecule has 10 heteroatoms. The first-order chi connectivity index (χ1) is 18.0. The van der Waals surface area contributed by atoms with Gasteiger partial charge >= 0.3 is 0 Å². The van der Waals surface area contributed by atoms with Crippen LogP contribution < -0.4 is 10.0 Å². The Balaban J connectivity index is 1.57. The summed E-state index contributed by atoms with van der Waals surface area (Å²) in [5.41, 5.74) is 1.18. The lowest BCUT2D eigenvalue weighted by molar-refractivity contribution is 0.0941. The standard InChI is InChI=1S/C28H35N3O4S3/c1-28(2,3)31-38(34,35)24-14-13-22(20-11-7-8-12-21(20)24)25-23(15-18-9-5-4-6-10-18)30-27(36-25)26(32)29-19-16-37(33)17-19/h7-8,11-14,18-19,31H,4-6,9-10,15-17H2,1-3H3,(H,29,32). The van der Waals surface area contributed by atoms with E-state index in [1.165, 1.54) is 30.6 Å². The number of thiazole rings is 1. The lowest BCUT2D eigenvalue weighted by atomic mass is 9.85. The molecule has 0 bridgehead atoms. The van der Waals surface area contributed by atoms with Gasteiger partial charge in [-0.25, -0.2) is 18.1 Å². The summed E-state index contributed by atoms with van der Waals surface area (Å²) in [6.45, 7) is 5.47. The van der Waals surface area contributed by atoms with E-state index in [0.717, 1.165) is 40.8 Å². The number of nitrogens with zero attached hydrogens (tertiary/aromatic N) is 1. The summed E-state index contributed by atoms with van der Waals surface area (Å²) in [6, 6.07) is 11.0. The van der Waals surface area contributed by atoms with Crippen LogP contribution in [0.3, 0.4) is 0 Å². The highest BCUT2D eigenvalue weighted by Crippen LogP contribution is 2.40. The third-order valence-electron chi connectivity index (χ3n) is 7.07. The number of carbonyl (C=O) groups is 1. The molecule has 1 aromatic heterocycles. The fourth-order valence-corrected chi connectivity index (χ4v) is 8.99.